The Balaban J connectivity index is 2.08. The van der Waals surface area contributed by atoms with Crippen LogP contribution >= 0.6 is 0 Å². The van der Waals surface area contributed by atoms with Crippen LogP contribution in [0.4, 0.5) is 35.1 Å². The Labute approximate surface area is 198 Å². The zero-order chi connectivity index (χ0) is 25.9. The highest BCUT2D eigenvalue weighted by molar-refractivity contribution is 6.21. The molecule has 5 aromatic carbocycles. The van der Waals surface area contributed by atoms with Crippen LogP contribution in [-0.2, 0) is 0 Å². The summed E-state index contributed by atoms with van der Waals surface area (Å²) in [5.41, 5.74) is -1.75. The Morgan fingerprint density at radius 3 is 1.58 bits per heavy atom. The van der Waals surface area contributed by atoms with Crippen LogP contribution in [0.3, 0.4) is 0 Å². The van der Waals surface area contributed by atoms with E-state index >= 15 is 4.39 Å². The lowest BCUT2D eigenvalue weighted by Gasteiger charge is -2.19. The van der Waals surface area contributed by atoms with Gasteiger partial charge in [-0.1, -0.05) is 24.3 Å². The monoisotopic (exact) mass is 504 g/mol. The minimum Gasteiger partial charge on any atom is -0.497 e. The second kappa shape index (κ2) is 8.51. The molecule has 0 fully saturated rings. The molecule has 5 rings (SSSR count). The largest absolute Gasteiger partial charge is 0.497 e. The Hall–Kier alpha value is -4.14. The van der Waals surface area contributed by atoms with Gasteiger partial charge in [0.2, 0.25) is 5.82 Å². The van der Waals surface area contributed by atoms with E-state index in [1.165, 1.54) is 31.4 Å². The summed E-state index contributed by atoms with van der Waals surface area (Å²) < 4.78 is 121. The zero-order valence-electron chi connectivity index (χ0n) is 18.1. The van der Waals surface area contributed by atoms with E-state index in [0.717, 1.165) is 12.1 Å². The predicted molar refractivity (Wildman–Crippen MR) is 119 cm³/mol. The van der Waals surface area contributed by atoms with Crippen LogP contribution in [0.25, 0.3) is 43.8 Å². The van der Waals surface area contributed by atoms with Gasteiger partial charge in [0.25, 0.3) is 0 Å². The summed E-state index contributed by atoms with van der Waals surface area (Å²) in [7, 11) is 1.42. The van der Waals surface area contributed by atoms with Gasteiger partial charge in [0.1, 0.15) is 11.6 Å². The first-order chi connectivity index (χ1) is 17.1. The van der Waals surface area contributed by atoms with E-state index in [2.05, 4.69) is 0 Å². The number of hydrogen-bond acceptors (Lipinski definition) is 1. The Morgan fingerprint density at radius 1 is 0.500 bits per heavy atom. The second-order valence-corrected chi connectivity index (χ2v) is 7.90. The van der Waals surface area contributed by atoms with E-state index in [1.54, 1.807) is 12.1 Å². The molecule has 0 aliphatic carbocycles. The molecule has 0 bridgehead atoms. The number of rotatable bonds is 3. The maximum Gasteiger partial charge on any atom is 0.200 e. The van der Waals surface area contributed by atoms with Crippen molar-refractivity contribution < 1.29 is 39.9 Å². The predicted octanol–water partition coefficient (Wildman–Crippen LogP) is 8.45. The molecule has 9 heteroatoms. The molecule has 0 saturated heterocycles. The Bertz CT molecular complexity index is 1660. The average Bonchev–Trinajstić information content (AvgIpc) is 2.87. The summed E-state index contributed by atoms with van der Waals surface area (Å²) in [5.74, 6) is -14.8. The third-order valence-corrected chi connectivity index (χ3v) is 5.97. The van der Waals surface area contributed by atoms with Crippen LogP contribution in [0.1, 0.15) is 0 Å². The summed E-state index contributed by atoms with van der Waals surface area (Å²) in [4.78, 5) is 0. The molecule has 36 heavy (non-hydrogen) atoms. The molecule has 0 spiro atoms. The lowest BCUT2D eigenvalue weighted by atomic mass is 9.85. The first-order valence-electron chi connectivity index (χ1n) is 10.3. The van der Waals surface area contributed by atoms with Crippen molar-refractivity contribution in [1.82, 2.24) is 0 Å². The van der Waals surface area contributed by atoms with E-state index in [0.29, 0.717) is 17.4 Å². The second-order valence-electron chi connectivity index (χ2n) is 7.90. The van der Waals surface area contributed by atoms with Gasteiger partial charge in [0, 0.05) is 10.9 Å². The van der Waals surface area contributed by atoms with Gasteiger partial charge in [0.15, 0.2) is 34.9 Å². The maximum atomic E-state index is 15.3. The van der Waals surface area contributed by atoms with E-state index in [1.807, 2.05) is 0 Å². The lowest BCUT2D eigenvalue weighted by Crippen LogP contribution is -2.06. The van der Waals surface area contributed by atoms with Crippen LogP contribution in [0.15, 0.2) is 54.6 Å². The zero-order valence-corrected chi connectivity index (χ0v) is 18.1. The van der Waals surface area contributed by atoms with Gasteiger partial charge >= 0.3 is 0 Å². The van der Waals surface area contributed by atoms with Crippen LogP contribution < -0.4 is 4.74 Å². The SMILES string of the molecule is COc1ccc(-c2c3cc(F)c(F)cc3c(-c3c(F)c(F)c(F)c(F)c3F)c3c(F)cccc23)cc1. The molecule has 0 aliphatic heterocycles. The van der Waals surface area contributed by atoms with Gasteiger partial charge in [-0.25, -0.2) is 35.1 Å². The number of methoxy groups -OCH3 is 1. The Morgan fingerprint density at radius 2 is 1.03 bits per heavy atom. The van der Waals surface area contributed by atoms with Crippen molar-refractivity contribution >= 4 is 21.5 Å². The molecule has 0 radical (unpaired) electrons. The van der Waals surface area contributed by atoms with Crippen LogP contribution in [0.5, 0.6) is 5.75 Å². The maximum absolute atomic E-state index is 15.3. The number of fused-ring (bicyclic) bond motifs is 2. The molecule has 1 nitrogen and oxygen atoms in total. The molecule has 0 amide bonds. The third-order valence-electron chi connectivity index (χ3n) is 5.97. The van der Waals surface area contributed by atoms with Crippen molar-refractivity contribution in [1.29, 1.82) is 0 Å². The molecule has 0 N–H and O–H groups in total. The highest BCUT2D eigenvalue weighted by Gasteiger charge is 2.31. The van der Waals surface area contributed by atoms with Gasteiger partial charge in [-0.15, -0.1) is 0 Å². The number of halogens is 8. The van der Waals surface area contributed by atoms with Gasteiger partial charge in [0.05, 0.1) is 12.7 Å². The van der Waals surface area contributed by atoms with Crippen LogP contribution in [0.2, 0.25) is 0 Å². The molecule has 0 atom stereocenters. The fourth-order valence-corrected chi connectivity index (χ4v) is 4.38. The summed E-state index contributed by atoms with van der Waals surface area (Å²) in [6.45, 7) is 0. The molecule has 5 aromatic rings. The first-order valence-corrected chi connectivity index (χ1v) is 10.3. The molecule has 0 saturated carbocycles. The van der Waals surface area contributed by atoms with Gasteiger partial charge < -0.3 is 4.74 Å². The molecular weight excluding hydrogens is 492 g/mol. The minimum absolute atomic E-state index is 0.0300. The number of benzene rings is 5. The molecular formula is C27H12F8O. The minimum atomic E-state index is -2.41. The quantitative estimate of drug-likeness (QED) is 0.104. The summed E-state index contributed by atoms with van der Waals surface area (Å²) >= 11 is 0. The highest BCUT2D eigenvalue weighted by Crippen LogP contribution is 2.47. The van der Waals surface area contributed by atoms with E-state index in [4.69, 9.17) is 4.74 Å². The third kappa shape index (κ3) is 3.37. The first kappa shape index (κ1) is 23.6. The molecule has 0 heterocycles. The van der Waals surface area contributed by atoms with Crippen molar-refractivity contribution in [2.75, 3.05) is 7.11 Å². The topological polar surface area (TPSA) is 9.23 Å². The van der Waals surface area contributed by atoms with Crippen molar-refractivity contribution in [3.05, 3.63) is 101 Å². The van der Waals surface area contributed by atoms with Crippen LogP contribution in [0, 0.1) is 46.5 Å². The van der Waals surface area contributed by atoms with E-state index in [9.17, 15) is 30.7 Å². The highest BCUT2D eigenvalue weighted by atomic mass is 19.2. The van der Waals surface area contributed by atoms with Gasteiger partial charge in [-0.05, 0) is 57.6 Å². The van der Waals surface area contributed by atoms with Crippen molar-refractivity contribution in [3.8, 4) is 28.0 Å². The lowest BCUT2D eigenvalue weighted by molar-refractivity contribution is 0.381. The standard InChI is InChI=1S/C27H12F8O/c1-36-12-7-5-11(6-8-12)19-13-3-2-4-16(28)20(13)21(15-10-18(30)17(29)9-14(15)19)22-23(31)25(33)27(35)26(34)24(22)32/h2-10H,1H3. The smallest absolute Gasteiger partial charge is 0.200 e. The van der Waals surface area contributed by atoms with Crippen molar-refractivity contribution in [3.63, 3.8) is 0 Å². The molecule has 182 valence electrons. The van der Waals surface area contributed by atoms with Gasteiger partial charge in [-0.2, -0.15) is 0 Å². The van der Waals surface area contributed by atoms with E-state index < -0.39 is 68.4 Å². The van der Waals surface area contributed by atoms with Gasteiger partial charge in [-0.3, -0.25) is 0 Å². The number of hydrogen-bond donors (Lipinski definition) is 0. The summed E-state index contributed by atoms with van der Waals surface area (Å²) in [6.07, 6.45) is 0. The van der Waals surface area contributed by atoms with Crippen LogP contribution in [-0.4, -0.2) is 7.11 Å². The summed E-state index contributed by atoms with van der Waals surface area (Å²) in [5, 5.41) is -1.17. The average molecular weight is 504 g/mol. The normalized spacial score (nSPS) is 11.5. The molecule has 0 aromatic heterocycles. The Kier molecular flexibility index (Phi) is 5.58. The number of ether oxygens (including phenoxy) is 1. The van der Waals surface area contributed by atoms with E-state index in [-0.39, 0.29) is 16.3 Å². The molecule has 0 unspecified atom stereocenters. The fraction of sp³-hybridized carbons (Fsp3) is 0.0370. The van der Waals surface area contributed by atoms with Crippen molar-refractivity contribution in [2.24, 2.45) is 0 Å². The van der Waals surface area contributed by atoms with Crippen molar-refractivity contribution in [2.45, 2.75) is 0 Å². The summed E-state index contributed by atoms with van der Waals surface area (Å²) in [6, 6.07) is 11.0. The molecule has 0 aliphatic rings. The fourth-order valence-electron chi connectivity index (χ4n) is 4.38.